The van der Waals surface area contributed by atoms with E-state index in [1.165, 1.54) is 12.1 Å². The smallest absolute Gasteiger partial charge is 0.404 e. The number of alkyl halides is 3. The van der Waals surface area contributed by atoms with E-state index in [4.69, 9.17) is 17.3 Å². The first-order valence-corrected chi connectivity index (χ1v) is 5.60. The molecule has 1 fully saturated rings. The number of hydrogen-bond acceptors (Lipinski definition) is 3. The lowest BCUT2D eigenvalue weighted by Gasteiger charge is -2.42. The fourth-order valence-corrected chi connectivity index (χ4v) is 2.25. The predicted molar refractivity (Wildman–Crippen MR) is 59.2 cm³/mol. The summed E-state index contributed by atoms with van der Waals surface area (Å²) < 4.78 is 39.9. The van der Waals surface area contributed by atoms with Gasteiger partial charge in [-0.25, -0.2) is 0 Å². The third-order valence-corrected chi connectivity index (χ3v) is 3.23. The molecule has 1 saturated carbocycles. The Morgan fingerprint density at radius 2 is 2.00 bits per heavy atom. The molecule has 100 valence electrons. The van der Waals surface area contributed by atoms with Gasteiger partial charge in [-0.3, -0.25) is 0 Å². The fourth-order valence-electron chi connectivity index (χ4n) is 2.03. The highest BCUT2D eigenvalue weighted by atomic mass is 35.5. The summed E-state index contributed by atoms with van der Waals surface area (Å²) in [6, 6.07) is 3.90. The van der Waals surface area contributed by atoms with Crippen molar-refractivity contribution in [2.75, 3.05) is 0 Å². The zero-order valence-electron chi connectivity index (χ0n) is 9.17. The molecule has 0 heterocycles. The van der Waals surface area contributed by atoms with E-state index in [0.717, 1.165) is 6.07 Å². The van der Waals surface area contributed by atoms with Crippen LogP contribution in [0, 0.1) is 0 Å². The van der Waals surface area contributed by atoms with Crippen molar-refractivity contribution in [1.82, 2.24) is 0 Å². The van der Waals surface area contributed by atoms with Crippen LogP contribution in [0.1, 0.15) is 18.4 Å². The van der Waals surface area contributed by atoms with Crippen molar-refractivity contribution in [2.45, 2.75) is 30.8 Å². The van der Waals surface area contributed by atoms with Gasteiger partial charge < -0.3 is 15.6 Å². The highest BCUT2D eigenvalue weighted by Crippen LogP contribution is 2.41. The monoisotopic (exact) mass is 281 g/mol. The van der Waals surface area contributed by atoms with Crippen LogP contribution in [0.4, 0.5) is 13.2 Å². The van der Waals surface area contributed by atoms with E-state index in [-0.39, 0.29) is 5.02 Å². The second-order valence-electron chi connectivity index (χ2n) is 4.41. The molecule has 0 amide bonds. The molecule has 0 atom stereocenters. The van der Waals surface area contributed by atoms with Crippen LogP contribution < -0.4 is 10.5 Å². The molecule has 3 N–H and O–H groups in total. The molecule has 0 radical (unpaired) electrons. The first-order chi connectivity index (χ1) is 8.20. The molecular formula is C11H11ClF3NO2. The average molecular weight is 282 g/mol. The molecule has 1 aliphatic carbocycles. The van der Waals surface area contributed by atoms with Gasteiger partial charge in [-0.05, 0) is 30.5 Å². The van der Waals surface area contributed by atoms with Gasteiger partial charge in [0.15, 0.2) is 0 Å². The largest absolute Gasteiger partial charge is 0.573 e. The lowest BCUT2D eigenvalue weighted by molar-refractivity contribution is -0.274. The van der Waals surface area contributed by atoms with Crippen LogP contribution in [0.5, 0.6) is 5.75 Å². The Kier molecular flexibility index (Phi) is 3.21. The highest BCUT2D eigenvalue weighted by molar-refractivity contribution is 6.32. The maximum atomic E-state index is 12.0. The molecule has 0 aromatic heterocycles. The lowest BCUT2D eigenvalue weighted by atomic mass is 9.71. The Hall–Kier alpha value is -0.980. The highest BCUT2D eigenvalue weighted by Gasteiger charge is 2.42. The van der Waals surface area contributed by atoms with E-state index >= 15 is 0 Å². The summed E-state index contributed by atoms with van der Waals surface area (Å²) in [6.45, 7) is 0. The normalized spacial score (nSPS) is 27.8. The van der Waals surface area contributed by atoms with E-state index in [0.29, 0.717) is 18.4 Å². The molecule has 18 heavy (non-hydrogen) atoms. The van der Waals surface area contributed by atoms with Crippen LogP contribution in [0.15, 0.2) is 18.2 Å². The van der Waals surface area contributed by atoms with Gasteiger partial charge in [-0.1, -0.05) is 17.7 Å². The molecule has 0 spiro atoms. The Morgan fingerprint density at radius 1 is 1.39 bits per heavy atom. The second kappa shape index (κ2) is 4.29. The van der Waals surface area contributed by atoms with Crippen LogP contribution in [-0.2, 0) is 5.54 Å². The lowest BCUT2D eigenvalue weighted by Crippen LogP contribution is -2.51. The first kappa shape index (κ1) is 13.5. The van der Waals surface area contributed by atoms with Gasteiger partial charge in [-0.2, -0.15) is 0 Å². The maximum Gasteiger partial charge on any atom is 0.573 e. The number of hydrogen-bond donors (Lipinski definition) is 2. The van der Waals surface area contributed by atoms with Crippen LogP contribution in [0.3, 0.4) is 0 Å². The van der Waals surface area contributed by atoms with Gasteiger partial charge in [0, 0.05) is 5.54 Å². The molecular weight excluding hydrogens is 271 g/mol. The zero-order chi connectivity index (χ0) is 13.6. The summed E-state index contributed by atoms with van der Waals surface area (Å²) in [6.07, 6.45) is -4.52. The number of rotatable bonds is 2. The summed E-state index contributed by atoms with van der Waals surface area (Å²) in [7, 11) is 0. The maximum absolute atomic E-state index is 12.0. The topological polar surface area (TPSA) is 55.5 Å². The molecule has 0 unspecified atom stereocenters. The van der Waals surface area contributed by atoms with Crippen LogP contribution in [0.2, 0.25) is 5.02 Å². The van der Waals surface area contributed by atoms with Gasteiger partial charge in [0.05, 0.1) is 11.1 Å². The number of nitrogens with two attached hydrogens (primary N) is 1. The van der Waals surface area contributed by atoms with Crippen molar-refractivity contribution in [3.63, 3.8) is 0 Å². The SMILES string of the molecule is NC1(c2ccc(OC(F)(F)F)c(Cl)c2)CC(O)C1. The molecule has 3 nitrogen and oxygen atoms in total. The number of aliphatic hydroxyl groups is 1. The molecule has 7 heteroatoms. The molecule has 1 aliphatic rings. The predicted octanol–water partition coefficient (Wildman–Crippen LogP) is 2.55. The standard InChI is InChI=1S/C11H11ClF3NO2/c12-8-3-6(10(16)4-7(17)5-10)1-2-9(8)18-11(13,14)15/h1-3,7,17H,4-5,16H2. The summed E-state index contributed by atoms with van der Waals surface area (Å²) in [5, 5.41) is 9.08. The fraction of sp³-hybridized carbons (Fsp3) is 0.455. The van der Waals surface area contributed by atoms with Crippen LogP contribution >= 0.6 is 11.6 Å². The number of benzene rings is 1. The van der Waals surface area contributed by atoms with Crippen molar-refractivity contribution >= 4 is 11.6 Å². The van der Waals surface area contributed by atoms with Crippen molar-refractivity contribution in [3.05, 3.63) is 28.8 Å². The van der Waals surface area contributed by atoms with E-state index in [1.54, 1.807) is 0 Å². The van der Waals surface area contributed by atoms with E-state index in [1.807, 2.05) is 0 Å². The third-order valence-electron chi connectivity index (χ3n) is 2.93. The quantitative estimate of drug-likeness (QED) is 0.876. The van der Waals surface area contributed by atoms with Gasteiger partial charge >= 0.3 is 6.36 Å². The Bertz CT molecular complexity index is 458. The number of ether oxygens (including phenoxy) is 1. The Balaban J connectivity index is 2.20. The summed E-state index contributed by atoms with van der Waals surface area (Å²) >= 11 is 5.72. The van der Waals surface area contributed by atoms with Gasteiger partial charge in [-0.15, -0.1) is 13.2 Å². The minimum Gasteiger partial charge on any atom is -0.404 e. The molecule has 0 saturated heterocycles. The molecule has 1 aromatic rings. The third kappa shape index (κ3) is 2.71. The summed E-state index contributed by atoms with van der Waals surface area (Å²) in [4.78, 5) is 0. The summed E-state index contributed by atoms with van der Waals surface area (Å²) in [5.74, 6) is -0.462. The van der Waals surface area contributed by atoms with Gasteiger partial charge in [0.25, 0.3) is 0 Å². The van der Waals surface area contributed by atoms with Crippen molar-refractivity contribution in [2.24, 2.45) is 5.73 Å². The van der Waals surface area contributed by atoms with Crippen molar-refractivity contribution in [3.8, 4) is 5.75 Å². The van der Waals surface area contributed by atoms with E-state index < -0.39 is 23.8 Å². The first-order valence-electron chi connectivity index (χ1n) is 5.22. The van der Waals surface area contributed by atoms with Crippen molar-refractivity contribution < 1.29 is 23.0 Å². The average Bonchev–Trinajstić information content (AvgIpc) is 2.17. The van der Waals surface area contributed by atoms with Crippen LogP contribution in [-0.4, -0.2) is 17.6 Å². The van der Waals surface area contributed by atoms with Crippen LogP contribution in [0.25, 0.3) is 0 Å². The van der Waals surface area contributed by atoms with E-state index in [2.05, 4.69) is 4.74 Å². The van der Waals surface area contributed by atoms with Gasteiger partial charge in [0.2, 0.25) is 0 Å². The number of aliphatic hydroxyl groups excluding tert-OH is 1. The molecule has 0 aliphatic heterocycles. The Labute approximate surface area is 106 Å². The van der Waals surface area contributed by atoms with E-state index in [9.17, 15) is 18.3 Å². The molecule has 1 aromatic carbocycles. The zero-order valence-corrected chi connectivity index (χ0v) is 9.92. The second-order valence-corrected chi connectivity index (χ2v) is 4.82. The number of halogens is 4. The Morgan fingerprint density at radius 3 is 2.44 bits per heavy atom. The summed E-state index contributed by atoms with van der Waals surface area (Å²) in [5.41, 5.74) is 5.85. The van der Waals surface area contributed by atoms with Gasteiger partial charge in [0.1, 0.15) is 5.75 Å². The molecule has 0 bridgehead atoms. The minimum absolute atomic E-state index is 0.156. The van der Waals surface area contributed by atoms with Crippen molar-refractivity contribution in [1.29, 1.82) is 0 Å². The minimum atomic E-state index is -4.78. The molecule has 2 rings (SSSR count).